The van der Waals surface area contributed by atoms with E-state index >= 15 is 0 Å². The Morgan fingerprint density at radius 2 is 1.95 bits per heavy atom. The first kappa shape index (κ1) is 12.7. The van der Waals surface area contributed by atoms with Gasteiger partial charge in [0.25, 0.3) is 0 Å². The Morgan fingerprint density at radius 3 is 2.70 bits per heavy atom. The maximum absolute atomic E-state index is 9.47. The highest BCUT2D eigenvalue weighted by atomic mass is 35.5. The summed E-state index contributed by atoms with van der Waals surface area (Å²) in [5.41, 5.74) is 3.13. The minimum atomic E-state index is 0.0918. The number of aromatic hydroxyl groups is 1. The number of halogens is 1. The molecule has 0 spiro atoms. The number of benzene rings is 2. The molecule has 1 N–H and O–H groups in total. The van der Waals surface area contributed by atoms with Crippen LogP contribution < -0.4 is 0 Å². The Hall–Kier alpha value is -2.33. The van der Waals surface area contributed by atoms with Crippen LogP contribution in [0.5, 0.6) is 5.75 Å². The van der Waals surface area contributed by atoms with Crippen molar-refractivity contribution in [2.24, 2.45) is 0 Å². The molecule has 0 aliphatic rings. The predicted octanol–water partition coefficient (Wildman–Crippen LogP) is 3.35. The van der Waals surface area contributed by atoms with Gasteiger partial charge in [-0.15, -0.1) is 0 Å². The highest BCUT2D eigenvalue weighted by Crippen LogP contribution is 2.29. The van der Waals surface area contributed by atoms with Crippen molar-refractivity contribution in [1.29, 1.82) is 0 Å². The van der Waals surface area contributed by atoms with Crippen LogP contribution in [0.25, 0.3) is 11.1 Å². The lowest BCUT2D eigenvalue weighted by molar-refractivity contribution is 0.475. The lowest BCUT2D eigenvalue weighted by Crippen LogP contribution is -1.99. The van der Waals surface area contributed by atoms with Crippen molar-refractivity contribution in [2.75, 3.05) is 0 Å². The van der Waals surface area contributed by atoms with Gasteiger partial charge >= 0.3 is 0 Å². The second-order valence-corrected chi connectivity index (χ2v) is 4.87. The van der Waals surface area contributed by atoms with Crippen molar-refractivity contribution < 1.29 is 5.11 Å². The van der Waals surface area contributed by atoms with Crippen LogP contribution in [0.4, 0.5) is 0 Å². The van der Waals surface area contributed by atoms with Gasteiger partial charge < -0.3 is 5.11 Å². The number of aromatic nitrogens is 3. The Kier molecular flexibility index (Phi) is 3.39. The molecule has 0 aliphatic heterocycles. The van der Waals surface area contributed by atoms with Gasteiger partial charge in [0.05, 0.1) is 11.6 Å². The molecule has 0 fully saturated rings. The van der Waals surface area contributed by atoms with Crippen LogP contribution >= 0.6 is 11.6 Å². The number of hydrogen-bond acceptors (Lipinski definition) is 3. The molecule has 0 saturated carbocycles. The molecule has 0 saturated heterocycles. The Bertz CT molecular complexity index is 726. The molecule has 20 heavy (non-hydrogen) atoms. The molecule has 100 valence electrons. The van der Waals surface area contributed by atoms with Crippen molar-refractivity contribution in [3.63, 3.8) is 0 Å². The standard InChI is InChI=1S/C15H12ClN3O/c16-14-7-13(4-5-15(14)20)12-3-1-2-11(6-12)8-19-10-17-9-18-19/h1-7,9-10,20H,8H2. The van der Waals surface area contributed by atoms with Gasteiger partial charge in [0, 0.05) is 0 Å². The topological polar surface area (TPSA) is 50.9 Å². The summed E-state index contributed by atoms with van der Waals surface area (Å²) in [4.78, 5) is 3.93. The molecular weight excluding hydrogens is 274 g/mol. The summed E-state index contributed by atoms with van der Waals surface area (Å²) in [7, 11) is 0. The lowest BCUT2D eigenvalue weighted by Gasteiger charge is -2.07. The molecule has 0 unspecified atom stereocenters. The van der Waals surface area contributed by atoms with E-state index in [1.807, 2.05) is 24.3 Å². The first-order chi connectivity index (χ1) is 9.72. The van der Waals surface area contributed by atoms with E-state index in [1.54, 1.807) is 23.1 Å². The fraction of sp³-hybridized carbons (Fsp3) is 0.0667. The molecule has 0 amide bonds. The normalized spacial score (nSPS) is 10.7. The van der Waals surface area contributed by atoms with Gasteiger partial charge in [0.2, 0.25) is 0 Å². The van der Waals surface area contributed by atoms with E-state index in [1.165, 1.54) is 6.33 Å². The Morgan fingerprint density at radius 1 is 1.10 bits per heavy atom. The van der Waals surface area contributed by atoms with E-state index in [9.17, 15) is 5.11 Å². The van der Waals surface area contributed by atoms with E-state index in [2.05, 4.69) is 16.1 Å². The third-order valence-electron chi connectivity index (χ3n) is 3.02. The smallest absolute Gasteiger partial charge is 0.137 e. The zero-order valence-electron chi connectivity index (χ0n) is 10.6. The summed E-state index contributed by atoms with van der Waals surface area (Å²) in [5.74, 6) is 0.0918. The summed E-state index contributed by atoms with van der Waals surface area (Å²) in [5, 5.41) is 13.9. The molecule has 0 radical (unpaired) electrons. The van der Waals surface area contributed by atoms with Crippen molar-refractivity contribution >= 4 is 11.6 Å². The van der Waals surface area contributed by atoms with Crippen LogP contribution in [0.15, 0.2) is 55.1 Å². The van der Waals surface area contributed by atoms with E-state index in [-0.39, 0.29) is 5.75 Å². The van der Waals surface area contributed by atoms with Crippen LogP contribution in [-0.2, 0) is 6.54 Å². The highest BCUT2D eigenvalue weighted by molar-refractivity contribution is 6.32. The van der Waals surface area contributed by atoms with Gasteiger partial charge in [0.15, 0.2) is 0 Å². The van der Waals surface area contributed by atoms with Gasteiger partial charge in [-0.1, -0.05) is 35.9 Å². The fourth-order valence-corrected chi connectivity index (χ4v) is 2.22. The molecule has 4 nitrogen and oxygen atoms in total. The predicted molar refractivity (Wildman–Crippen MR) is 77.7 cm³/mol. The van der Waals surface area contributed by atoms with E-state index in [0.717, 1.165) is 16.7 Å². The minimum Gasteiger partial charge on any atom is -0.506 e. The zero-order chi connectivity index (χ0) is 13.9. The van der Waals surface area contributed by atoms with Gasteiger partial charge in [-0.3, -0.25) is 0 Å². The lowest BCUT2D eigenvalue weighted by atomic mass is 10.0. The zero-order valence-corrected chi connectivity index (χ0v) is 11.3. The summed E-state index contributed by atoms with van der Waals surface area (Å²) in [6.07, 6.45) is 3.20. The largest absolute Gasteiger partial charge is 0.506 e. The molecule has 0 aliphatic carbocycles. The monoisotopic (exact) mass is 285 g/mol. The Labute approximate surface area is 121 Å². The van der Waals surface area contributed by atoms with Gasteiger partial charge in [0.1, 0.15) is 18.4 Å². The number of nitrogens with zero attached hydrogens (tertiary/aromatic N) is 3. The van der Waals surface area contributed by atoms with Crippen LogP contribution in [0.2, 0.25) is 5.02 Å². The molecule has 5 heteroatoms. The minimum absolute atomic E-state index is 0.0918. The number of hydrogen-bond donors (Lipinski definition) is 1. The first-order valence-corrected chi connectivity index (χ1v) is 6.50. The number of rotatable bonds is 3. The van der Waals surface area contributed by atoms with Crippen molar-refractivity contribution in [3.8, 4) is 16.9 Å². The number of phenols is 1. The SMILES string of the molecule is Oc1ccc(-c2cccc(Cn3cncn3)c2)cc1Cl. The van der Waals surface area contributed by atoms with Crippen molar-refractivity contribution in [2.45, 2.75) is 6.54 Å². The van der Waals surface area contributed by atoms with Gasteiger partial charge in [-0.25, -0.2) is 9.67 Å². The molecule has 2 aromatic carbocycles. The molecule has 1 aromatic heterocycles. The Balaban J connectivity index is 1.92. The summed E-state index contributed by atoms with van der Waals surface area (Å²) in [6, 6.07) is 13.3. The second kappa shape index (κ2) is 5.35. The third-order valence-corrected chi connectivity index (χ3v) is 3.32. The second-order valence-electron chi connectivity index (χ2n) is 4.46. The summed E-state index contributed by atoms with van der Waals surface area (Å²) >= 11 is 5.95. The third kappa shape index (κ3) is 2.65. The molecule has 3 aromatic rings. The van der Waals surface area contributed by atoms with Crippen LogP contribution in [0.1, 0.15) is 5.56 Å². The molecular formula is C15H12ClN3O. The average molecular weight is 286 g/mol. The maximum Gasteiger partial charge on any atom is 0.137 e. The van der Waals surface area contributed by atoms with E-state index < -0.39 is 0 Å². The number of phenolic OH excluding ortho intramolecular Hbond substituents is 1. The quantitative estimate of drug-likeness (QED) is 0.803. The molecule has 0 bridgehead atoms. The fourth-order valence-electron chi connectivity index (χ4n) is 2.04. The van der Waals surface area contributed by atoms with Gasteiger partial charge in [-0.2, -0.15) is 5.10 Å². The van der Waals surface area contributed by atoms with Crippen LogP contribution in [0, 0.1) is 0 Å². The summed E-state index contributed by atoms with van der Waals surface area (Å²) < 4.78 is 1.77. The molecule has 1 heterocycles. The maximum atomic E-state index is 9.47. The first-order valence-electron chi connectivity index (χ1n) is 6.12. The van der Waals surface area contributed by atoms with Crippen molar-refractivity contribution in [3.05, 3.63) is 65.7 Å². The van der Waals surface area contributed by atoms with Gasteiger partial charge in [-0.05, 0) is 34.9 Å². The van der Waals surface area contributed by atoms with Crippen molar-refractivity contribution in [1.82, 2.24) is 14.8 Å². The van der Waals surface area contributed by atoms with Crippen LogP contribution in [-0.4, -0.2) is 19.9 Å². The summed E-state index contributed by atoms with van der Waals surface area (Å²) in [6.45, 7) is 0.666. The van der Waals surface area contributed by atoms with Crippen LogP contribution in [0.3, 0.4) is 0 Å². The average Bonchev–Trinajstić information content (AvgIpc) is 2.95. The molecule has 0 atom stereocenters. The van der Waals surface area contributed by atoms with E-state index in [4.69, 9.17) is 11.6 Å². The highest BCUT2D eigenvalue weighted by Gasteiger charge is 2.04. The molecule has 3 rings (SSSR count). The van der Waals surface area contributed by atoms with E-state index in [0.29, 0.717) is 11.6 Å².